The third-order valence-electron chi connectivity index (χ3n) is 4.84. The highest BCUT2D eigenvalue weighted by Gasteiger charge is 2.27. The maximum Gasteiger partial charge on any atom is 0.348 e. The third-order valence-corrected chi connectivity index (χ3v) is 8.00. The SMILES string of the molecule is CCOC(=O)c1sc(NC(=O)CSc2nnc(NC(=O)Cc3ccc(OC)cc3)s2)c(C(=O)OCC)c1C. The molecule has 0 aliphatic heterocycles. The number of hydrogen-bond donors (Lipinski definition) is 2. The monoisotopic (exact) mass is 578 g/mol. The number of nitrogens with one attached hydrogen (secondary N) is 2. The molecule has 202 valence electrons. The van der Waals surface area contributed by atoms with E-state index in [4.69, 9.17) is 14.2 Å². The van der Waals surface area contributed by atoms with Crippen LogP contribution in [0.4, 0.5) is 10.1 Å². The number of hydrogen-bond acceptors (Lipinski definition) is 12. The van der Waals surface area contributed by atoms with Gasteiger partial charge in [0.1, 0.15) is 15.6 Å². The van der Waals surface area contributed by atoms with E-state index < -0.39 is 17.8 Å². The lowest BCUT2D eigenvalue weighted by Crippen LogP contribution is -2.16. The van der Waals surface area contributed by atoms with Crippen molar-refractivity contribution in [2.24, 2.45) is 0 Å². The van der Waals surface area contributed by atoms with Crippen LogP contribution in [0.15, 0.2) is 28.6 Å². The molecule has 2 aromatic heterocycles. The van der Waals surface area contributed by atoms with E-state index >= 15 is 0 Å². The molecular weight excluding hydrogens is 552 g/mol. The molecule has 0 aliphatic carbocycles. The number of carbonyl (C=O) groups is 4. The third kappa shape index (κ3) is 7.76. The molecule has 0 spiro atoms. The number of benzene rings is 1. The smallest absolute Gasteiger partial charge is 0.348 e. The summed E-state index contributed by atoms with van der Waals surface area (Å²) in [6, 6.07) is 7.16. The molecule has 0 aliphatic rings. The highest BCUT2D eigenvalue weighted by atomic mass is 32.2. The Morgan fingerprint density at radius 3 is 2.26 bits per heavy atom. The number of ether oxygens (including phenoxy) is 3. The van der Waals surface area contributed by atoms with Gasteiger partial charge in [0.2, 0.25) is 16.9 Å². The summed E-state index contributed by atoms with van der Waals surface area (Å²) in [4.78, 5) is 50.0. The second kappa shape index (κ2) is 13.9. The van der Waals surface area contributed by atoms with Crippen molar-refractivity contribution in [3.8, 4) is 5.75 Å². The molecule has 3 rings (SSSR count). The van der Waals surface area contributed by atoms with Crippen molar-refractivity contribution in [2.45, 2.75) is 31.5 Å². The van der Waals surface area contributed by atoms with Gasteiger partial charge in [-0.2, -0.15) is 0 Å². The van der Waals surface area contributed by atoms with E-state index in [1.165, 1.54) is 0 Å². The molecule has 38 heavy (non-hydrogen) atoms. The van der Waals surface area contributed by atoms with Crippen molar-refractivity contribution in [3.63, 3.8) is 0 Å². The van der Waals surface area contributed by atoms with E-state index in [9.17, 15) is 19.2 Å². The van der Waals surface area contributed by atoms with E-state index in [-0.39, 0.29) is 46.7 Å². The Labute approximate surface area is 231 Å². The summed E-state index contributed by atoms with van der Waals surface area (Å²) in [5, 5.41) is 13.8. The summed E-state index contributed by atoms with van der Waals surface area (Å²) in [7, 11) is 1.57. The van der Waals surface area contributed by atoms with Gasteiger partial charge in [-0.3, -0.25) is 9.59 Å². The van der Waals surface area contributed by atoms with Crippen LogP contribution in [0.25, 0.3) is 0 Å². The maximum atomic E-state index is 12.7. The Morgan fingerprint density at radius 2 is 1.61 bits per heavy atom. The molecule has 11 nitrogen and oxygen atoms in total. The van der Waals surface area contributed by atoms with Crippen molar-refractivity contribution in [2.75, 3.05) is 36.7 Å². The van der Waals surface area contributed by atoms with Crippen LogP contribution in [0.3, 0.4) is 0 Å². The quantitative estimate of drug-likeness (QED) is 0.182. The summed E-state index contributed by atoms with van der Waals surface area (Å²) in [5.74, 6) is -1.22. The molecule has 0 bridgehead atoms. The van der Waals surface area contributed by atoms with Gasteiger partial charge in [0.25, 0.3) is 0 Å². The van der Waals surface area contributed by atoms with E-state index in [1.54, 1.807) is 52.1 Å². The van der Waals surface area contributed by atoms with E-state index in [0.717, 1.165) is 40.0 Å². The number of methoxy groups -OCH3 is 1. The van der Waals surface area contributed by atoms with Crippen LogP contribution < -0.4 is 15.4 Å². The van der Waals surface area contributed by atoms with Gasteiger partial charge in [-0.25, -0.2) is 9.59 Å². The van der Waals surface area contributed by atoms with Gasteiger partial charge >= 0.3 is 11.9 Å². The lowest BCUT2D eigenvalue weighted by atomic mass is 10.1. The van der Waals surface area contributed by atoms with Crippen LogP contribution in [0.1, 0.15) is 45.0 Å². The fourth-order valence-corrected chi connectivity index (χ4v) is 5.82. The van der Waals surface area contributed by atoms with E-state index in [1.807, 2.05) is 0 Å². The molecule has 0 saturated heterocycles. The van der Waals surface area contributed by atoms with Gasteiger partial charge in [0.15, 0.2) is 4.34 Å². The number of thiophene rings is 1. The van der Waals surface area contributed by atoms with Gasteiger partial charge in [-0.1, -0.05) is 35.2 Å². The number of carbonyl (C=O) groups excluding carboxylic acids is 4. The average Bonchev–Trinajstić information content (AvgIpc) is 3.46. The zero-order chi connectivity index (χ0) is 27.7. The molecule has 0 fully saturated rings. The first-order valence-electron chi connectivity index (χ1n) is 11.4. The minimum atomic E-state index is -0.640. The van der Waals surface area contributed by atoms with Crippen LogP contribution >= 0.6 is 34.4 Å². The fraction of sp³-hybridized carbons (Fsp3) is 0.333. The van der Waals surface area contributed by atoms with Crippen molar-refractivity contribution in [1.29, 1.82) is 0 Å². The average molecular weight is 579 g/mol. The minimum absolute atomic E-state index is 0.0393. The van der Waals surface area contributed by atoms with Crippen LogP contribution in [0.2, 0.25) is 0 Å². The maximum absolute atomic E-state index is 12.7. The van der Waals surface area contributed by atoms with Crippen molar-refractivity contribution >= 4 is 68.3 Å². The molecule has 0 atom stereocenters. The summed E-state index contributed by atoms with van der Waals surface area (Å²) >= 11 is 3.21. The lowest BCUT2D eigenvalue weighted by molar-refractivity contribution is -0.115. The molecule has 0 unspecified atom stereocenters. The molecule has 2 amide bonds. The molecule has 2 heterocycles. The second-order valence-electron chi connectivity index (χ2n) is 7.48. The number of anilines is 2. The normalized spacial score (nSPS) is 10.5. The molecule has 0 radical (unpaired) electrons. The zero-order valence-electron chi connectivity index (χ0n) is 21.1. The lowest BCUT2D eigenvalue weighted by Gasteiger charge is -2.06. The first-order valence-corrected chi connectivity index (χ1v) is 14.0. The van der Waals surface area contributed by atoms with Crippen molar-refractivity contribution in [1.82, 2.24) is 10.2 Å². The second-order valence-corrected chi connectivity index (χ2v) is 10.7. The highest BCUT2D eigenvalue weighted by molar-refractivity contribution is 8.01. The van der Waals surface area contributed by atoms with E-state index in [2.05, 4.69) is 20.8 Å². The van der Waals surface area contributed by atoms with Crippen molar-refractivity contribution in [3.05, 3.63) is 45.8 Å². The highest BCUT2D eigenvalue weighted by Crippen LogP contribution is 2.35. The number of amides is 2. The number of rotatable bonds is 12. The number of aromatic nitrogens is 2. The van der Waals surface area contributed by atoms with E-state index in [0.29, 0.717) is 20.8 Å². The Bertz CT molecular complexity index is 1300. The van der Waals surface area contributed by atoms with Gasteiger partial charge < -0.3 is 24.8 Å². The first kappa shape index (κ1) is 29.1. The molecule has 0 saturated carbocycles. The van der Waals surface area contributed by atoms with Gasteiger partial charge in [-0.05, 0) is 44.0 Å². The Hall–Kier alpha value is -3.49. The van der Waals surface area contributed by atoms with Gasteiger partial charge in [0.05, 0.1) is 38.1 Å². The van der Waals surface area contributed by atoms with Gasteiger partial charge in [-0.15, -0.1) is 21.5 Å². The van der Waals surface area contributed by atoms with Crippen LogP contribution in [-0.4, -0.2) is 60.0 Å². The molecule has 2 N–H and O–H groups in total. The fourth-order valence-electron chi connectivity index (χ4n) is 3.14. The van der Waals surface area contributed by atoms with Crippen molar-refractivity contribution < 1.29 is 33.4 Å². The largest absolute Gasteiger partial charge is 0.497 e. The summed E-state index contributed by atoms with van der Waals surface area (Å²) < 4.78 is 15.7. The summed E-state index contributed by atoms with van der Waals surface area (Å²) in [6.45, 7) is 5.26. The van der Waals surface area contributed by atoms with Crippen LogP contribution in [-0.2, 0) is 25.5 Å². The summed E-state index contributed by atoms with van der Waals surface area (Å²) in [5.41, 5.74) is 1.32. The number of esters is 2. The molecule has 3 aromatic rings. The predicted molar refractivity (Wildman–Crippen MR) is 146 cm³/mol. The molecule has 1 aromatic carbocycles. The number of thioether (sulfide) groups is 1. The Kier molecular flexibility index (Phi) is 10.6. The van der Waals surface area contributed by atoms with Crippen LogP contribution in [0, 0.1) is 6.92 Å². The minimum Gasteiger partial charge on any atom is -0.497 e. The van der Waals surface area contributed by atoms with Gasteiger partial charge in [0, 0.05) is 0 Å². The molecular formula is C24H26N4O7S3. The standard InChI is InChI=1S/C24H26N4O7S3/c1-5-34-21(31)18-13(3)19(22(32)35-6-2)37-20(18)25-17(30)12-36-24-28-27-23(38-24)26-16(29)11-14-7-9-15(33-4)10-8-14/h7-10H,5-6,11-12H2,1-4H3,(H,25,30)(H,26,27,29). The number of nitrogens with zero attached hydrogens (tertiary/aromatic N) is 2. The predicted octanol–water partition coefficient (Wildman–Crippen LogP) is 4.18. The first-order chi connectivity index (χ1) is 18.2. The Morgan fingerprint density at radius 1 is 0.921 bits per heavy atom. The van der Waals surface area contributed by atoms with Crippen LogP contribution in [0.5, 0.6) is 5.75 Å². The zero-order valence-corrected chi connectivity index (χ0v) is 23.6. The summed E-state index contributed by atoms with van der Waals surface area (Å²) in [6.07, 6.45) is 0.158. The topological polar surface area (TPSA) is 146 Å². The Balaban J connectivity index is 1.58. The molecule has 14 heteroatoms.